The molecule has 0 unspecified atom stereocenters. The van der Waals surface area contributed by atoms with E-state index in [0.717, 1.165) is 25.9 Å². The third kappa shape index (κ3) is 6.70. The molecule has 0 aliphatic carbocycles. The van der Waals surface area contributed by atoms with Crippen LogP contribution in [0.4, 0.5) is 13.2 Å². The fourth-order valence-electron chi connectivity index (χ4n) is 1.52. The molecule has 1 N–H and O–H groups in total. The van der Waals surface area contributed by atoms with Crippen LogP contribution in [-0.4, -0.2) is 44.0 Å². The molecule has 6 heteroatoms. The lowest BCUT2D eigenvalue weighted by Crippen LogP contribution is -2.43. The van der Waals surface area contributed by atoms with Crippen molar-refractivity contribution in [3.05, 3.63) is 0 Å². The molecule has 1 heterocycles. The maximum atomic E-state index is 11.7. The predicted octanol–water partition coefficient (Wildman–Crippen LogP) is 1.56. The molecule has 0 aromatic carbocycles. The number of hydrogen-bond donors (Lipinski definition) is 1. The van der Waals surface area contributed by atoms with Crippen LogP contribution in [0.25, 0.3) is 0 Å². The smallest absolute Gasteiger partial charge is 0.371 e. The van der Waals surface area contributed by atoms with E-state index in [2.05, 4.69) is 10.2 Å². The minimum atomic E-state index is -4.22. The molecule has 3 nitrogen and oxygen atoms in total. The number of rotatable bonds is 5. The zero-order valence-electron chi connectivity index (χ0n) is 8.65. The second-order valence-electron chi connectivity index (χ2n) is 3.62. The summed E-state index contributed by atoms with van der Waals surface area (Å²) in [5, 5.41) is 2.04. The second kappa shape index (κ2) is 6.30. The summed E-state index contributed by atoms with van der Waals surface area (Å²) in [5.74, 6) is 0. The summed E-state index contributed by atoms with van der Waals surface area (Å²) in [7, 11) is 0. The number of nitrogens with one attached hydrogen (secondary N) is 1. The van der Waals surface area contributed by atoms with Crippen LogP contribution in [0.15, 0.2) is 0 Å². The lowest BCUT2D eigenvalue weighted by molar-refractivity contribution is -0.173. The number of hydrogen-bond acceptors (Lipinski definition) is 3. The maximum Gasteiger partial charge on any atom is 0.411 e. The van der Waals surface area contributed by atoms with Crippen molar-refractivity contribution < 1.29 is 17.9 Å². The third-order valence-electron chi connectivity index (χ3n) is 2.20. The molecule has 15 heavy (non-hydrogen) atoms. The van der Waals surface area contributed by atoms with Gasteiger partial charge in [0.2, 0.25) is 0 Å². The monoisotopic (exact) mass is 226 g/mol. The third-order valence-corrected chi connectivity index (χ3v) is 2.20. The van der Waals surface area contributed by atoms with Gasteiger partial charge in [-0.15, -0.1) is 0 Å². The van der Waals surface area contributed by atoms with Crippen LogP contribution < -0.4 is 5.43 Å². The first kappa shape index (κ1) is 12.7. The molecule has 0 bridgehead atoms. The summed E-state index contributed by atoms with van der Waals surface area (Å²) in [4.78, 5) is 0. The van der Waals surface area contributed by atoms with Crippen molar-refractivity contribution in [1.29, 1.82) is 0 Å². The summed E-state index contributed by atoms with van der Waals surface area (Å²) in [6.07, 6.45) is -0.680. The van der Waals surface area contributed by atoms with Crippen LogP contribution in [0.2, 0.25) is 0 Å². The highest BCUT2D eigenvalue weighted by molar-refractivity contribution is 4.60. The van der Waals surface area contributed by atoms with E-state index in [9.17, 15) is 13.2 Å². The molecule has 0 spiro atoms. The first-order valence-electron chi connectivity index (χ1n) is 5.21. The summed E-state index contributed by atoms with van der Waals surface area (Å²) >= 11 is 0. The average Bonchev–Trinajstić information content (AvgIpc) is 2.17. The molecule has 0 atom stereocenters. The zero-order valence-corrected chi connectivity index (χ0v) is 8.65. The fourth-order valence-corrected chi connectivity index (χ4v) is 1.52. The van der Waals surface area contributed by atoms with Gasteiger partial charge in [-0.1, -0.05) is 6.42 Å². The van der Waals surface area contributed by atoms with Crippen molar-refractivity contribution in [2.75, 3.05) is 32.8 Å². The van der Waals surface area contributed by atoms with Crippen LogP contribution in [0.1, 0.15) is 19.3 Å². The molecular weight excluding hydrogens is 209 g/mol. The summed E-state index contributed by atoms with van der Waals surface area (Å²) in [6.45, 7) is 1.32. The van der Waals surface area contributed by atoms with Gasteiger partial charge in [0.25, 0.3) is 0 Å². The second-order valence-corrected chi connectivity index (χ2v) is 3.62. The Hall–Kier alpha value is -0.330. The highest BCUT2D eigenvalue weighted by Gasteiger charge is 2.27. The summed E-state index contributed by atoms with van der Waals surface area (Å²) < 4.78 is 39.5. The fraction of sp³-hybridized carbons (Fsp3) is 1.00. The summed E-state index contributed by atoms with van der Waals surface area (Å²) in [6, 6.07) is 0. The first-order valence-corrected chi connectivity index (χ1v) is 5.21. The van der Waals surface area contributed by atoms with Crippen LogP contribution >= 0.6 is 0 Å². The molecule has 1 fully saturated rings. The largest absolute Gasteiger partial charge is 0.411 e. The van der Waals surface area contributed by atoms with Gasteiger partial charge in [-0.3, -0.25) is 5.43 Å². The van der Waals surface area contributed by atoms with Gasteiger partial charge in [0.1, 0.15) is 6.61 Å². The Bertz CT molecular complexity index is 169. The Balaban J connectivity index is 1.92. The lowest BCUT2D eigenvalue weighted by Gasteiger charge is -2.27. The van der Waals surface area contributed by atoms with Gasteiger partial charge < -0.3 is 4.74 Å². The Morgan fingerprint density at radius 3 is 2.40 bits per heavy atom. The van der Waals surface area contributed by atoms with Gasteiger partial charge in [0.05, 0.1) is 6.61 Å². The van der Waals surface area contributed by atoms with Crippen molar-refractivity contribution in [1.82, 2.24) is 10.4 Å². The standard InChI is InChI=1S/C9H17F3N2O/c10-9(11,12)8-15-7-4-13-14-5-2-1-3-6-14/h13H,1-8H2. The molecule has 1 aliphatic rings. The quantitative estimate of drug-likeness (QED) is 0.720. The Morgan fingerprint density at radius 1 is 1.13 bits per heavy atom. The highest BCUT2D eigenvalue weighted by Crippen LogP contribution is 2.14. The van der Waals surface area contributed by atoms with E-state index in [1.165, 1.54) is 6.42 Å². The minimum absolute atomic E-state index is 0.0933. The average molecular weight is 226 g/mol. The van der Waals surface area contributed by atoms with Crippen LogP contribution in [0.5, 0.6) is 0 Å². The molecule has 0 radical (unpaired) electrons. The number of nitrogens with zero attached hydrogens (tertiary/aromatic N) is 1. The molecule has 0 aromatic rings. The molecule has 1 rings (SSSR count). The van der Waals surface area contributed by atoms with E-state index in [1.54, 1.807) is 0 Å². The van der Waals surface area contributed by atoms with Crippen molar-refractivity contribution in [3.8, 4) is 0 Å². The molecule has 0 aromatic heterocycles. The maximum absolute atomic E-state index is 11.7. The Kier molecular flexibility index (Phi) is 5.35. The van der Waals surface area contributed by atoms with Gasteiger partial charge in [-0.05, 0) is 12.8 Å². The number of ether oxygens (including phenoxy) is 1. The minimum Gasteiger partial charge on any atom is -0.371 e. The van der Waals surface area contributed by atoms with Gasteiger partial charge in [-0.2, -0.15) is 13.2 Å². The highest BCUT2D eigenvalue weighted by atomic mass is 19.4. The van der Waals surface area contributed by atoms with E-state index >= 15 is 0 Å². The van der Waals surface area contributed by atoms with Crippen molar-refractivity contribution in [2.24, 2.45) is 0 Å². The first-order chi connectivity index (χ1) is 7.08. The molecule has 1 saturated heterocycles. The molecular formula is C9H17F3N2O. The molecule has 1 aliphatic heterocycles. The van der Waals surface area contributed by atoms with Crippen molar-refractivity contribution in [3.63, 3.8) is 0 Å². The topological polar surface area (TPSA) is 24.5 Å². The van der Waals surface area contributed by atoms with Gasteiger partial charge in [-0.25, -0.2) is 5.01 Å². The molecule has 90 valence electrons. The zero-order chi connectivity index (χ0) is 11.1. The molecule has 0 amide bonds. The van der Waals surface area contributed by atoms with Crippen LogP contribution in [0.3, 0.4) is 0 Å². The van der Waals surface area contributed by atoms with Gasteiger partial charge >= 0.3 is 6.18 Å². The van der Waals surface area contributed by atoms with Crippen LogP contribution in [0, 0.1) is 0 Å². The van der Waals surface area contributed by atoms with Crippen LogP contribution in [-0.2, 0) is 4.74 Å². The number of halogens is 3. The van der Waals surface area contributed by atoms with E-state index < -0.39 is 12.8 Å². The predicted molar refractivity (Wildman–Crippen MR) is 50.3 cm³/mol. The Morgan fingerprint density at radius 2 is 1.80 bits per heavy atom. The van der Waals surface area contributed by atoms with Crippen molar-refractivity contribution in [2.45, 2.75) is 25.4 Å². The number of piperidine rings is 1. The summed E-state index contributed by atoms with van der Waals surface area (Å²) in [5.41, 5.74) is 3.05. The van der Waals surface area contributed by atoms with Crippen molar-refractivity contribution >= 4 is 0 Å². The number of hydrazine groups is 1. The van der Waals surface area contributed by atoms with E-state index in [0.29, 0.717) is 6.54 Å². The van der Waals surface area contributed by atoms with Gasteiger partial charge in [0.15, 0.2) is 0 Å². The molecule has 0 saturated carbocycles. The SMILES string of the molecule is FC(F)(F)COCCNN1CCCCC1. The van der Waals surface area contributed by atoms with E-state index in [-0.39, 0.29) is 6.61 Å². The Labute approximate surface area is 87.5 Å². The van der Waals surface area contributed by atoms with E-state index in [4.69, 9.17) is 0 Å². The normalized spacial score (nSPS) is 19.4. The van der Waals surface area contributed by atoms with E-state index in [1.807, 2.05) is 5.01 Å². The number of alkyl halides is 3. The lowest BCUT2D eigenvalue weighted by atomic mass is 10.2. The van der Waals surface area contributed by atoms with Gasteiger partial charge in [0, 0.05) is 19.6 Å².